The first-order valence-corrected chi connectivity index (χ1v) is 13.4. The molecule has 1 aromatic carbocycles. The van der Waals surface area contributed by atoms with E-state index in [9.17, 15) is 14.9 Å². The number of benzene rings is 1. The van der Waals surface area contributed by atoms with E-state index < -0.39 is 0 Å². The van der Waals surface area contributed by atoms with Crippen molar-refractivity contribution in [2.75, 3.05) is 38.1 Å². The zero-order chi connectivity index (χ0) is 26.0. The van der Waals surface area contributed by atoms with Crippen molar-refractivity contribution < 1.29 is 4.79 Å². The molecule has 9 heteroatoms. The number of hydrogen-bond donors (Lipinski definition) is 0. The van der Waals surface area contributed by atoms with Crippen LogP contribution in [0.5, 0.6) is 0 Å². The highest BCUT2D eigenvalue weighted by atomic mass is 32.2. The summed E-state index contributed by atoms with van der Waals surface area (Å²) in [4.78, 5) is 33.4. The number of aryl methyl sites for hydroxylation is 1. The SMILES string of the molecule is CCCn1c(N2CCN(C)CC2)c(/C=C2\SC(=S)N(Cc3ccc(C)cc3)C2=O)c(C)c(C#N)c1=O. The van der Waals surface area contributed by atoms with E-state index in [1.54, 1.807) is 16.4 Å². The van der Waals surface area contributed by atoms with Crippen molar-refractivity contribution in [3.8, 4) is 6.07 Å². The summed E-state index contributed by atoms with van der Waals surface area (Å²) in [5, 5.41) is 9.83. The van der Waals surface area contributed by atoms with E-state index in [2.05, 4.69) is 22.9 Å². The molecule has 0 radical (unpaired) electrons. The second-order valence-electron chi connectivity index (χ2n) is 9.35. The fourth-order valence-corrected chi connectivity index (χ4v) is 5.81. The largest absolute Gasteiger partial charge is 0.355 e. The molecule has 0 atom stereocenters. The Labute approximate surface area is 222 Å². The topological polar surface area (TPSA) is 72.6 Å². The maximum absolute atomic E-state index is 13.5. The van der Waals surface area contributed by atoms with Gasteiger partial charge in [-0.3, -0.25) is 19.1 Å². The molecule has 0 spiro atoms. The maximum Gasteiger partial charge on any atom is 0.270 e. The van der Waals surface area contributed by atoms with Crippen LogP contribution >= 0.6 is 24.0 Å². The van der Waals surface area contributed by atoms with Gasteiger partial charge in [-0.05, 0) is 44.5 Å². The summed E-state index contributed by atoms with van der Waals surface area (Å²) in [6.07, 6.45) is 2.59. The van der Waals surface area contributed by atoms with Gasteiger partial charge >= 0.3 is 0 Å². The number of rotatable bonds is 6. The normalized spacial score (nSPS) is 17.8. The quantitative estimate of drug-likeness (QED) is 0.422. The van der Waals surface area contributed by atoms with E-state index >= 15 is 0 Å². The summed E-state index contributed by atoms with van der Waals surface area (Å²) >= 11 is 6.85. The Kier molecular flexibility index (Phi) is 7.98. The lowest BCUT2D eigenvalue weighted by atomic mass is 10.0. The number of piperazine rings is 1. The number of likely N-dealkylation sites (N-methyl/N-ethyl adjacent to an activating group) is 1. The Hall–Kier alpha value is -2.93. The molecule has 188 valence electrons. The number of thiocarbonyl (C=S) groups is 1. The first-order chi connectivity index (χ1) is 17.2. The average Bonchev–Trinajstić information content (AvgIpc) is 3.12. The van der Waals surface area contributed by atoms with Crippen LogP contribution in [0.2, 0.25) is 0 Å². The van der Waals surface area contributed by atoms with Crippen LogP contribution in [0.1, 0.15) is 41.2 Å². The highest BCUT2D eigenvalue weighted by Crippen LogP contribution is 2.36. The van der Waals surface area contributed by atoms with Crippen LogP contribution < -0.4 is 10.5 Å². The number of nitrogens with zero attached hydrogens (tertiary/aromatic N) is 5. The van der Waals surface area contributed by atoms with Crippen molar-refractivity contribution in [2.24, 2.45) is 0 Å². The number of thioether (sulfide) groups is 1. The van der Waals surface area contributed by atoms with Gasteiger partial charge in [0.05, 0.1) is 11.4 Å². The third kappa shape index (κ3) is 5.12. The number of carbonyl (C=O) groups excluding carboxylic acids is 1. The van der Waals surface area contributed by atoms with Crippen LogP contribution in [0.15, 0.2) is 34.0 Å². The predicted octanol–water partition coefficient (Wildman–Crippen LogP) is 3.90. The van der Waals surface area contributed by atoms with Crippen molar-refractivity contribution in [3.63, 3.8) is 0 Å². The number of pyridine rings is 1. The first-order valence-electron chi connectivity index (χ1n) is 12.2. The van der Waals surface area contributed by atoms with Gasteiger partial charge in [0.15, 0.2) is 0 Å². The van der Waals surface area contributed by atoms with E-state index in [-0.39, 0.29) is 17.0 Å². The lowest BCUT2D eigenvalue weighted by Gasteiger charge is -2.36. The molecule has 7 nitrogen and oxygen atoms in total. The minimum absolute atomic E-state index is 0.128. The van der Waals surface area contributed by atoms with Crippen molar-refractivity contribution >= 4 is 46.1 Å². The number of carbonyl (C=O) groups is 1. The Balaban J connectivity index is 1.80. The molecular weight excluding hydrogens is 490 g/mol. The highest BCUT2D eigenvalue weighted by Gasteiger charge is 2.33. The molecule has 0 bridgehead atoms. The lowest BCUT2D eigenvalue weighted by Crippen LogP contribution is -2.47. The van der Waals surface area contributed by atoms with Crippen LogP contribution in [0.25, 0.3) is 6.08 Å². The maximum atomic E-state index is 13.5. The second kappa shape index (κ2) is 11.0. The molecule has 1 amide bonds. The van der Waals surface area contributed by atoms with Crippen molar-refractivity contribution in [2.45, 2.75) is 40.3 Å². The van der Waals surface area contributed by atoms with E-state index in [0.717, 1.165) is 55.1 Å². The standard InChI is InChI=1S/C27H31N5O2S2/c1-5-10-31-24(30-13-11-29(4)12-14-30)21(19(3)22(16-28)25(31)33)15-23-26(34)32(27(35)36-23)17-20-8-6-18(2)7-9-20/h6-9,15H,5,10-14,17H2,1-4H3/b23-15-. The average molecular weight is 522 g/mol. The van der Waals surface area contributed by atoms with Crippen LogP contribution in [0.3, 0.4) is 0 Å². The molecular formula is C27H31N5O2S2. The van der Waals surface area contributed by atoms with Gasteiger partial charge in [0, 0.05) is 38.3 Å². The molecule has 1 aromatic heterocycles. The van der Waals surface area contributed by atoms with Gasteiger partial charge in [-0.15, -0.1) is 0 Å². The van der Waals surface area contributed by atoms with Crippen LogP contribution in [0, 0.1) is 25.2 Å². The van der Waals surface area contributed by atoms with Gasteiger partial charge in [0.2, 0.25) is 0 Å². The monoisotopic (exact) mass is 521 g/mol. The second-order valence-corrected chi connectivity index (χ2v) is 11.0. The Morgan fingerprint density at radius 3 is 2.39 bits per heavy atom. The molecule has 3 heterocycles. The fraction of sp³-hybridized carbons (Fsp3) is 0.407. The van der Waals surface area contributed by atoms with Crippen LogP contribution in [-0.2, 0) is 17.9 Å². The molecule has 0 saturated carbocycles. The summed E-state index contributed by atoms with van der Waals surface area (Å²) in [6.45, 7) is 10.0. The van der Waals surface area contributed by atoms with E-state index in [0.29, 0.717) is 27.9 Å². The van der Waals surface area contributed by atoms with Gasteiger partial charge in [0.1, 0.15) is 21.8 Å². The lowest BCUT2D eigenvalue weighted by molar-refractivity contribution is -0.122. The Morgan fingerprint density at radius 1 is 1.11 bits per heavy atom. The zero-order valence-corrected chi connectivity index (χ0v) is 22.8. The minimum atomic E-state index is -0.269. The van der Waals surface area contributed by atoms with E-state index in [4.69, 9.17) is 12.2 Å². The van der Waals surface area contributed by atoms with Crippen molar-refractivity contribution in [1.29, 1.82) is 5.26 Å². The van der Waals surface area contributed by atoms with Crippen LogP contribution in [0.4, 0.5) is 5.82 Å². The summed E-state index contributed by atoms with van der Waals surface area (Å²) in [6, 6.07) is 10.2. The number of hydrogen-bond acceptors (Lipinski definition) is 7. The van der Waals surface area contributed by atoms with E-state index in [1.807, 2.05) is 44.2 Å². The summed E-state index contributed by atoms with van der Waals surface area (Å²) in [5.41, 5.74) is 3.38. The fourth-order valence-electron chi connectivity index (χ4n) is 4.58. The van der Waals surface area contributed by atoms with Crippen molar-refractivity contribution in [1.82, 2.24) is 14.4 Å². The smallest absolute Gasteiger partial charge is 0.270 e. The molecule has 0 aliphatic carbocycles. The van der Waals surface area contributed by atoms with Gasteiger partial charge in [-0.25, -0.2) is 0 Å². The third-order valence-electron chi connectivity index (χ3n) is 6.71. The first kappa shape index (κ1) is 26.1. The molecule has 2 aromatic rings. The molecule has 2 aliphatic heterocycles. The summed E-state index contributed by atoms with van der Waals surface area (Å²) in [7, 11) is 2.08. The molecule has 2 saturated heterocycles. The molecule has 2 fully saturated rings. The molecule has 0 N–H and O–H groups in total. The molecule has 0 unspecified atom stereocenters. The van der Waals surface area contributed by atoms with Gasteiger partial charge < -0.3 is 9.80 Å². The zero-order valence-electron chi connectivity index (χ0n) is 21.2. The minimum Gasteiger partial charge on any atom is -0.355 e. The number of amides is 1. The molecule has 2 aliphatic rings. The Bertz CT molecular complexity index is 1320. The van der Waals surface area contributed by atoms with Gasteiger partial charge in [0.25, 0.3) is 11.5 Å². The number of aromatic nitrogens is 1. The molecule has 36 heavy (non-hydrogen) atoms. The number of anilines is 1. The Morgan fingerprint density at radius 2 is 1.78 bits per heavy atom. The summed E-state index contributed by atoms with van der Waals surface area (Å²) < 4.78 is 2.23. The van der Waals surface area contributed by atoms with E-state index in [1.165, 1.54) is 11.8 Å². The van der Waals surface area contributed by atoms with Crippen LogP contribution in [-0.4, -0.2) is 57.8 Å². The van der Waals surface area contributed by atoms with Gasteiger partial charge in [-0.2, -0.15) is 5.26 Å². The third-order valence-corrected chi connectivity index (χ3v) is 8.08. The number of nitriles is 1. The highest BCUT2D eigenvalue weighted by molar-refractivity contribution is 8.26. The predicted molar refractivity (Wildman–Crippen MR) is 150 cm³/mol. The molecule has 4 rings (SSSR count). The van der Waals surface area contributed by atoms with Gasteiger partial charge in [-0.1, -0.05) is 60.7 Å². The van der Waals surface area contributed by atoms with Crippen molar-refractivity contribution in [3.05, 3.63) is 67.3 Å². The summed E-state index contributed by atoms with van der Waals surface area (Å²) in [5.74, 6) is 0.635.